The van der Waals surface area contributed by atoms with E-state index in [0.29, 0.717) is 0 Å². The summed E-state index contributed by atoms with van der Waals surface area (Å²) in [5.74, 6) is 0. The first-order valence-corrected chi connectivity index (χ1v) is 2.16. The van der Waals surface area contributed by atoms with Crippen molar-refractivity contribution in [2.75, 3.05) is 6.86 Å². The minimum Gasteiger partial charge on any atom is -0.323 e. The van der Waals surface area contributed by atoms with Crippen LogP contribution in [0.4, 0.5) is 17.6 Å². The molecule has 0 amide bonds. The molecule has 1 atom stereocenters. The van der Waals surface area contributed by atoms with Gasteiger partial charge in [-0.25, -0.2) is 4.39 Å². The van der Waals surface area contributed by atoms with E-state index >= 15 is 0 Å². The van der Waals surface area contributed by atoms with Crippen molar-refractivity contribution in [1.29, 1.82) is 5.26 Å². The molecule has 0 heterocycles. The fourth-order valence-corrected chi connectivity index (χ4v) is 0.268. The van der Waals surface area contributed by atoms with Crippen LogP contribution in [0.5, 0.6) is 0 Å². The standard InChI is InChI=1S/C4H3F4NO/c5-2-10-3(1-9)4(6,7)8/h3H,2H2. The number of halogens is 4. The Hall–Kier alpha value is -0.830. The molecule has 0 aliphatic rings. The third kappa shape index (κ3) is 2.64. The number of hydrogen-bond donors (Lipinski definition) is 0. The lowest BCUT2D eigenvalue weighted by atomic mass is 10.4. The molecule has 0 aromatic heterocycles. The van der Waals surface area contributed by atoms with Gasteiger partial charge in [-0.3, -0.25) is 0 Å². The van der Waals surface area contributed by atoms with Gasteiger partial charge in [0.2, 0.25) is 6.10 Å². The van der Waals surface area contributed by atoms with Crippen molar-refractivity contribution in [3.63, 3.8) is 0 Å². The van der Waals surface area contributed by atoms with E-state index in [4.69, 9.17) is 5.26 Å². The topological polar surface area (TPSA) is 33.0 Å². The highest BCUT2D eigenvalue weighted by Gasteiger charge is 2.41. The number of nitrogens with zero attached hydrogens (tertiary/aromatic N) is 1. The molecule has 58 valence electrons. The molecule has 0 radical (unpaired) electrons. The fourth-order valence-electron chi connectivity index (χ4n) is 0.268. The Morgan fingerprint density at radius 2 is 2.00 bits per heavy atom. The van der Waals surface area contributed by atoms with E-state index in [1.54, 1.807) is 0 Å². The number of alkyl halides is 4. The average molecular weight is 157 g/mol. The van der Waals surface area contributed by atoms with Crippen LogP contribution in [0.15, 0.2) is 0 Å². The summed E-state index contributed by atoms with van der Waals surface area (Å²) < 4.78 is 48.7. The van der Waals surface area contributed by atoms with Gasteiger partial charge in [-0.1, -0.05) is 0 Å². The van der Waals surface area contributed by atoms with Gasteiger partial charge in [0, 0.05) is 0 Å². The maximum Gasteiger partial charge on any atom is 0.428 e. The molecular formula is C4H3F4NO. The van der Waals surface area contributed by atoms with Crippen molar-refractivity contribution in [3.8, 4) is 6.07 Å². The first kappa shape index (κ1) is 9.17. The third-order valence-corrected chi connectivity index (χ3v) is 0.644. The zero-order valence-electron chi connectivity index (χ0n) is 4.65. The van der Waals surface area contributed by atoms with Crippen LogP contribution in [0.3, 0.4) is 0 Å². The van der Waals surface area contributed by atoms with Gasteiger partial charge in [-0.05, 0) is 0 Å². The van der Waals surface area contributed by atoms with Crippen molar-refractivity contribution in [2.24, 2.45) is 0 Å². The Balaban J connectivity index is 3.98. The van der Waals surface area contributed by atoms with Gasteiger partial charge in [0.25, 0.3) is 0 Å². The average Bonchev–Trinajstić information content (AvgIpc) is 1.80. The third-order valence-electron chi connectivity index (χ3n) is 0.644. The summed E-state index contributed by atoms with van der Waals surface area (Å²) in [4.78, 5) is 0. The smallest absolute Gasteiger partial charge is 0.323 e. The second-order valence-electron chi connectivity index (χ2n) is 1.33. The number of rotatable bonds is 2. The first-order chi connectivity index (χ1) is 4.52. The van der Waals surface area contributed by atoms with Crippen molar-refractivity contribution < 1.29 is 22.3 Å². The van der Waals surface area contributed by atoms with E-state index < -0.39 is 19.1 Å². The Bertz CT molecular complexity index is 137. The normalized spacial score (nSPS) is 14.3. The summed E-state index contributed by atoms with van der Waals surface area (Å²) in [5.41, 5.74) is 0. The predicted octanol–water partition coefficient (Wildman–Crippen LogP) is 1.38. The van der Waals surface area contributed by atoms with Crippen LogP contribution in [0.1, 0.15) is 0 Å². The second kappa shape index (κ2) is 3.37. The van der Waals surface area contributed by atoms with Gasteiger partial charge in [0.1, 0.15) is 6.07 Å². The largest absolute Gasteiger partial charge is 0.428 e. The molecule has 0 saturated carbocycles. The Kier molecular flexibility index (Phi) is 3.09. The van der Waals surface area contributed by atoms with Gasteiger partial charge in [0.05, 0.1) is 0 Å². The summed E-state index contributed by atoms with van der Waals surface area (Å²) in [6.45, 7) is -1.61. The highest BCUT2D eigenvalue weighted by molar-refractivity contribution is 4.89. The molecule has 2 nitrogen and oxygen atoms in total. The number of hydrogen-bond acceptors (Lipinski definition) is 2. The molecule has 0 bridgehead atoms. The molecule has 0 aromatic carbocycles. The van der Waals surface area contributed by atoms with E-state index in [0.717, 1.165) is 6.07 Å². The van der Waals surface area contributed by atoms with E-state index in [9.17, 15) is 17.6 Å². The van der Waals surface area contributed by atoms with Gasteiger partial charge in [-0.15, -0.1) is 0 Å². The molecule has 1 unspecified atom stereocenters. The highest BCUT2D eigenvalue weighted by Crippen LogP contribution is 2.21. The van der Waals surface area contributed by atoms with Crippen LogP contribution >= 0.6 is 0 Å². The van der Waals surface area contributed by atoms with Crippen molar-refractivity contribution in [1.82, 2.24) is 0 Å². The molecule has 0 spiro atoms. The minimum atomic E-state index is -4.80. The molecule has 0 aliphatic heterocycles. The molecule has 0 rings (SSSR count). The lowest BCUT2D eigenvalue weighted by Gasteiger charge is -2.10. The molecule has 0 aromatic rings. The summed E-state index contributed by atoms with van der Waals surface area (Å²) in [5, 5.41) is 7.73. The Morgan fingerprint density at radius 3 is 2.10 bits per heavy atom. The van der Waals surface area contributed by atoms with Gasteiger partial charge < -0.3 is 4.74 Å². The zero-order chi connectivity index (χ0) is 8.20. The number of ether oxygens (including phenoxy) is 1. The van der Waals surface area contributed by atoms with Crippen LogP contribution in [0.25, 0.3) is 0 Å². The van der Waals surface area contributed by atoms with E-state index in [1.807, 2.05) is 0 Å². The van der Waals surface area contributed by atoms with E-state index in [2.05, 4.69) is 4.74 Å². The molecule has 0 aliphatic carbocycles. The van der Waals surface area contributed by atoms with Crippen molar-refractivity contribution in [3.05, 3.63) is 0 Å². The van der Waals surface area contributed by atoms with Gasteiger partial charge >= 0.3 is 6.18 Å². The Morgan fingerprint density at radius 1 is 1.50 bits per heavy atom. The van der Waals surface area contributed by atoms with E-state index in [-0.39, 0.29) is 0 Å². The van der Waals surface area contributed by atoms with Crippen LogP contribution in [-0.2, 0) is 4.74 Å². The monoisotopic (exact) mass is 157 g/mol. The molecule has 0 N–H and O–H groups in total. The van der Waals surface area contributed by atoms with Crippen molar-refractivity contribution in [2.45, 2.75) is 12.3 Å². The van der Waals surface area contributed by atoms with Crippen LogP contribution in [-0.4, -0.2) is 19.1 Å². The first-order valence-electron chi connectivity index (χ1n) is 2.16. The van der Waals surface area contributed by atoms with Crippen LogP contribution < -0.4 is 0 Å². The van der Waals surface area contributed by atoms with E-state index in [1.165, 1.54) is 0 Å². The molecular weight excluding hydrogens is 154 g/mol. The lowest BCUT2D eigenvalue weighted by Crippen LogP contribution is -2.29. The maximum atomic E-state index is 11.4. The maximum absolute atomic E-state index is 11.4. The zero-order valence-corrected chi connectivity index (χ0v) is 4.65. The Labute approximate surface area is 54.0 Å². The predicted molar refractivity (Wildman–Crippen MR) is 22.5 cm³/mol. The highest BCUT2D eigenvalue weighted by atomic mass is 19.4. The van der Waals surface area contributed by atoms with Crippen LogP contribution in [0.2, 0.25) is 0 Å². The van der Waals surface area contributed by atoms with Crippen LogP contribution in [0, 0.1) is 11.3 Å². The van der Waals surface area contributed by atoms with Gasteiger partial charge in [-0.2, -0.15) is 18.4 Å². The second-order valence-corrected chi connectivity index (χ2v) is 1.33. The molecule has 6 heteroatoms. The molecule has 0 fully saturated rings. The summed E-state index contributed by atoms with van der Waals surface area (Å²) >= 11 is 0. The summed E-state index contributed by atoms with van der Waals surface area (Å²) in [6.07, 6.45) is -7.46. The minimum absolute atomic E-state index is 0.756. The fraction of sp³-hybridized carbons (Fsp3) is 0.750. The SMILES string of the molecule is N#CC(OCF)C(F)(F)F. The van der Waals surface area contributed by atoms with Gasteiger partial charge in [0.15, 0.2) is 6.86 Å². The molecule has 0 saturated heterocycles. The molecule has 10 heavy (non-hydrogen) atoms. The lowest BCUT2D eigenvalue weighted by molar-refractivity contribution is -0.209. The summed E-state index contributed by atoms with van der Waals surface area (Å²) in [6, 6.07) is 0.756. The quantitative estimate of drug-likeness (QED) is 0.567. The number of nitriles is 1. The summed E-state index contributed by atoms with van der Waals surface area (Å²) in [7, 11) is 0. The van der Waals surface area contributed by atoms with Crippen molar-refractivity contribution >= 4 is 0 Å².